The molecule has 4 nitrogen and oxygen atoms in total. The molecule has 0 amide bonds. The Bertz CT molecular complexity index is 2370. The third-order valence-electron chi connectivity index (χ3n) is 13.9. The van der Waals surface area contributed by atoms with Crippen LogP contribution in [0.25, 0.3) is 0 Å². The Kier molecular flexibility index (Phi) is 15.2. The molecule has 70 heavy (non-hydrogen) atoms. The SMILES string of the molecule is C=C[Si](OC1CC(O[Si](C=C)(c2ccccc2)c2ccccc2)C(O[Si](C=C)(c2ccccc2)c2ccccc2)CC1O[Si](C=C)(c1ccccc1)c1ccccc1)(c1ccccc1)c1ccccc1. The second-order valence-corrected chi connectivity index (χ2v) is 30.9. The van der Waals surface area contributed by atoms with E-state index >= 15 is 0 Å². The normalized spacial score (nSPS) is 17.5. The highest BCUT2D eigenvalue weighted by atomic mass is 28.4. The third kappa shape index (κ3) is 9.53. The lowest BCUT2D eigenvalue weighted by atomic mass is 9.90. The van der Waals surface area contributed by atoms with Crippen LogP contribution in [0.1, 0.15) is 12.8 Å². The van der Waals surface area contributed by atoms with E-state index in [4.69, 9.17) is 17.7 Å². The van der Waals surface area contributed by atoms with Gasteiger partial charge in [-0.1, -0.05) is 265 Å². The maximum Gasteiger partial charge on any atom is 0.280 e. The van der Waals surface area contributed by atoms with Gasteiger partial charge in [0, 0.05) is 12.8 Å². The molecule has 348 valence electrons. The Hall–Kier alpha value is -6.57. The molecule has 1 saturated carbocycles. The van der Waals surface area contributed by atoms with Crippen LogP contribution in [0.3, 0.4) is 0 Å². The van der Waals surface area contributed by atoms with Crippen LogP contribution in [0.5, 0.6) is 0 Å². The van der Waals surface area contributed by atoms with Crippen LogP contribution in [0.4, 0.5) is 0 Å². The predicted octanol–water partition coefficient (Wildman–Crippen LogP) is 8.26. The van der Waals surface area contributed by atoms with E-state index in [1.807, 2.05) is 0 Å². The topological polar surface area (TPSA) is 36.9 Å². The molecule has 4 atom stereocenters. The van der Waals surface area contributed by atoms with Crippen LogP contribution in [0.2, 0.25) is 0 Å². The molecule has 0 aromatic heterocycles. The average molecular weight is 982 g/mol. The van der Waals surface area contributed by atoms with E-state index in [1.54, 1.807) is 0 Å². The molecule has 8 aromatic rings. The highest BCUT2D eigenvalue weighted by molar-refractivity contribution is 7.03. The zero-order chi connectivity index (χ0) is 48.3. The van der Waals surface area contributed by atoms with Crippen molar-refractivity contribution in [1.29, 1.82) is 0 Å². The lowest BCUT2D eigenvalue weighted by Crippen LogP contribution is -2.70. The molecule has 1 fully saturated rings. The standard InChI is InChI=1S/C62H60O4Si4/c1-5-67(51-33-17-9-18-34-51,52-35-19-10-20-36-52)63-59-49-61(65-69(7-3,55-41-25-13-26-42-55)56-43-27-14-28-44-56)62(66-70(8-4,57-45-29-15-30-46-57)58-47-31-16-32-48-58)50-60(59)64-68(6-2,53-37-21-11-22-38-53)54-39-23-12-24-40-54/h5-48,59-62H,1-4,49-50H2. The van der Waals surface area contributed by atoms with Gasteiger partial charge in [-0.05, 0) is 41.5 Å². The highest BCUT2D eigenvalue weighted by Gasteiger charge is 2.53. The summed E-state index contributed by atoms with van der Waals surface area (Å²) in [5.41, 5.74) is 8.32. The van der Waals surface area contributed by atoms with E-state index in [2.05, 4.69) is 292 Å². The van der Waals surface area contributed by atoms with Crippen LogP contribution >= 0.6 is 0 Å². The number of benzene rings is 8. The molecular formula is C62H60O4Si4. The van der Waals surface area contributed by atoms with Crippen molar-refractivity contribution in [3.8, 4) is 0 Å². The summed E-state index contributed by atoms with van der Waals surface area (Å²) in [6, 6.07) is 84.8. The fourth-order valence-corrected chi connectivity index (χ4v) is 23.4. The van der Waals surface area contributed by atoms with E-state index in [0.29, 0.717) is 12.8 Å². The summed E-state index contributed by atoms with van der Waals surface area (Å²) in [4.78, 5) is 0. The molecule has 8 heteroatoms. The Morgan fingerprint density at radius 3 is 0.486 bits per heavy atom. The maximum absolute atomic E-state index is 8.07. The number of rotatable bonds is 20. The summed E-state index contributed by atoms with van der Waals surface area (Å²) >= 11 is 0. The second-order valence-electron chi connectivity index (χ2n) is 17.8. The van der Waals surface area contributed by atoms with Gasteiger partial charge >= 0.3 is 0 Å². The van der Waals surface area contributed by atoms with Gasteiger partial charge in [0.25, 0.3) is 33.3 Å². The van der Waals surface area contributed by atoms with E-state index in [1.165, 1.54) is 0 Å². The smallest absolute Gasteiger partial charge is 0.280 e. The first-order valence-electron chi connectivity index (χ1n) is 24.1. The molecule has 0 spiro atoms. The summed E-state index contributed by atoms with van der Waals surface area (Å²) in [6.07, 6.45) is -1.15. The van der Waals surface area contributed by atoms with Gasteiger partial charge < -0.3 is 17.7 Å². The first-order chi connectivity index (χ1) is 34.4. The van der Waals surface area contributed by atoms with Crippen LogP contribution in [0, 0.1) is 0 Å². The zero-order valence-corrected chi connectivity index (χ0v) is 43.6. The number of hydrogen-bond acceptors (Lipinski definition) is 4. The average Bonchev–Trinajstić information content (AvgIpc) is 3.45. The van der Waals surface area contributed by atoms with Gasteiger partial charge in [-0.25, -0.2) is 0 Å². The zero-order valence-electron chi connectivity index (χ0n) is 39.6. The summed E-state index contributed by atoms with van der Waals surface area (Å²) in [6.45, 7) is 18.4. The Labute approximate surface area is 419 Å². The van der Waals surface area contributed by atoms with Gasteiger partial charge in [-0.15, -0.1) is 26.3 Å². The summed E-state index contributed by atoms with van der Waals surface area (Å²) in [7, 11) is -13.0. The molecule has 1 aliphatic rings. The minimum Gasteiger partial charge on any atom is -0.399 e. The predicted molar refractivity (Wildman–Crippen MR) is 301 cm³/mol. The molecule has 0 bridgehead atoms. The van der Waals surface area contributed by atoms with Crippen LogP contribution in [-0.4, -0.2) is 57.7 Å². The lowest BCUT2D eigenvalue weighted by Gasteiger charge is -2.50. The Balaban J connectivity index is 1.29. The monoisotopic (exact) mass is 980 g/mol. The van der Waals surface area contributed by atoms with Crippen molar-refractivity contribution >= 4 is 74.8 Å². The Morgan fingerprint density at radius 2 is 0.371 bits per heavy atom. The molecule has 4 unspecified atom stereocenters. The van der Waals surface area contributed by atoms with Crippen molar-refractivity contribution in [2.45, 2.75) is 37.3 Å². The molecule has 0 heterocycles. The summed E-state index contributed by atoms with van der Waals surface area (Å²) in [5.74, 6) is 0. The first kappa shape index (κ1) is 48.5. The largest absolute Gasteiger partial charge is 0.399 e. The molecule has 8 aromatic carbocycles. The molecule has 0 radical (unpaired) electrons. The van der Waals surface area contributed by atoms with E-state index in [0.717, 1.165) is 41.5 Å². The molecule has 0 saturated heterocycles. The fourth-order valence-electron chi connectivity index (χ4n) is 10.3. The van der Waals surface area contributed by atoms with Crippen molar-refractivity contribution in [3.05, 3.63) is 292 Å². The minimum absolute atomic E-state index is 0.441. The molecule has 0 N–H and O–H groups in total. The molecule has 1 aliphatic carbocycles. The van der Waals surface area contributed by atoms with Gasteiger partial charge in [-0.3, -0.25) is 0 Å². The van der Waals surface area contributed by atoms with E-state index in [9.17, 15) is 0 Å². The van der Waals surface area contributed by atoms with Gasteiger partial charge in [0.05, 0.1) is 24.4 Å². The minimum atomic E-state index is -3.24. The molecule has 0 aliphatic heterocycles. The summed E-state index contributed by atoms with van der Waals surface area (Å²) in [5, 5.41) is 8.77. The van der Waals surface area contributed by atoms with Crippen LogP contribution < -0.4 is 41.5 Å². The van der Waals surface area contributed by atoms with Gasteiger partial charge in [0.15, 0.2) is 0 Å². The lowest BCUT2D eigenvalue weighted by molar-refractivity contribution is -0.0786. The van der Waals surface area contributed by atoms with E-state index < -0.39 is 57.7 Å². The van der Waals surface area contributed by atoms with Crippen molar-refractivity contribution in [2.24, 2.45) is 0 Å². The van der Waals surface area contributed by atoms with Crippen LogP contribution in [0.15, 0.2) is 292 Å². The van der Waals surface area contributed by atoms with Gasteiger partial charge in [0.1, 0.15) is 0 Å². The maximum atomic E-state index is 8.07. The Morgan fingerprint density at radius 1 is 0.243 bits per heavy atom. The van der Waals surface area contributed by atoms with Crippen molar-refractivity contribution in [2.75, 3.05) is 0 Å². The quantitative estimate of drug-likeness (QED) is 0.0722. The van der Waals surface area contributed by atoms with Crippen LogP contribution in [-0.2, 0) is 17.7 Å². The van der Waals surface area contributed by atoms with E-state index in [-0.39, 0.29) is 0 Å². The number of hydrogen-bond donors (Lipinski definition) is 0. The highest BCUT2D eigenvalue weighted by Crippen LogP contribution is 2.36. The van der Waals surface area contributed by atoms with Gasteiger partial charge in [0.2, 0.25) is 0 Å². The first-order valence-corrected chi connectivity index (χ1v) is 32.1. The van der Waals surface area contributed by atoms with Crippen molar-refractivity contribution < 1.29 is 17.7 Å². The third-order valence-corrected chi connectivity index (χ3v) is 28.4. The second kappa shape index (κ2) is 22.0. The molecular weight excluding hydrogens is 921 g/mol. The van der Waals surface area contributed by atoms with Crippen molar-refractivity contribution in [1.82, 2.24) is 0 Å². The van der Waals surface area contributed by atoms with Crippen molar-refractivity contribution in [3.63, 3.8) is 0 Å². The summed E-state index contributed by atoms with van der Waals surface area (Å²) < 4.78 is 32.3. The fraction of sp³-hybridized carbons (Fsp3) is 0.0968. The molecule has 9 rings (SSSR count). The van der Waals surface area contributed by atoms with Gasteiger partial charge in [-0.2, -0.15) is 0 Å².